The summed E-state index contributed by atoms with van der Waals surface area (Å²) < 4.78 is 0. The zero-order chi connectivity index (χ0) is 18.3. The lowest BCUT2D eigenvalue weighted by atomic mass is 10.0. The van der Waals surface area contributed by atoms with Gasteiger partial charge in [0.15, 0.2) is 0 Å². The van der Waals surface area contributed by atoms with Crippen LogP contribution in [0.2, 0.25) is 0 Å². The van der Waals surface area contributed by atoms with Gasteiger partial charge in [-0.15, -0.1) is 0 Å². The average molecular weight is 358 g/mol. The van der Waals surface area contributed by atoms with Crippen molar-refractivity contribution in [3.63, 3.8) is 0 Å². The van der Waals surface area contributed by atoms with Gasteiger partial charge in [-0.1, -0.05) is 12.1 Å². The molecular weight excluding hydrogens is 332 g/mol. The van der Waals surface area contributed by atoms with Gasteiger partial charge in [0.2, 0.25) is 11.8 Å². The van der Waals surface area contributed by atoms with Crippen LogP contribution in [0.5, 0.6) is 0 Å². The molecule has 3 heterocycles. The summed E-state index contributed by atoms with van der Waals surface area (Å²) in [6.45, 7) is 2.50. The Morgan fingerprint density at radius 1 is 1.19 bits per heavy atom. The quantitative estimate of drug-likeness (QED) is 0.682. The van der Waals surface area contributed by atoms with Crippen LogP contribution in [0.15, 0.2) is 18.2 Å². The fourth-order valence-electron chi connectivity index (χ4n) is 4.44. The van der Waals surface area contributed by atoms with Gasteiger partial charge in [0.25, 0.3) is 0 Å². The second-order valence-electron chi connectivity index (χ2n) is 7.41. The minimum atomic E-state index is -0.802. The molecule has 140 valence electrons. The van der Waals surface area contributed by atoms with Crippen molar-refractivity contribution < 1.29 is 14.7 Å². The number of benzene rings is 1. The smallest absolute Gasteiger partial charge is 0.244 e. The molecule has 0 radical (unpaired) electrons. The SMILES string of the molecule is CNC1CCN(c2cccc3c2CN(C2CCC(=O)NC2=O)C3O)CC1. The van der Waals surface area contributed by atoms with E-state index in [0.29, 0.717) is 25.4 Å². The molecule has 0 aromatic heterocycles. The first-order chi connectivity index (χ1) is 12.6. The highest BCUT2D eigenvalue weighted by atomic mass is 16.3. The second kappa shape index (κ2) is 6.98. The van der Waals surface area contributed by atoms with E-state index in [9.17, 15) is 14.7 Å². The molecule has 3 aliphatic rings. The molecule has 2 unspecified atom stereocenters. The van der Waals surface area contributed by atoms with Crippen LogP contribution in [0.3, 0.4) is 0 Å². The third-order valence-corrected chi connectivity index (χ3v) is 5.97. The lowest BCUT2D eigenvalue weighted by Crippen LogP contribution is -2.51. The second-order valence-corrected chi connectivity index (χ2v) is 7.41. The normalized spacial score (nSPS) is 27.5. The van der Waals surface area contributed by atoms with Crippen molar-refractivity contribution in [1.29, 1.82) is 0 Å². The van der Waals surface area contributed by atoms with Gasteiger partial charge >= 0.3 is 0 Å². The Labute approximate surface area is 153 Å². The number of amides is 2. The Balaban J connectivity index is 1.56. The van der Waals surface area contributed by atoms with Crippen LogP contribution in [0.1, 0.15) is 43.0 Å². The standard InChI is InChI=1S/C19H26N4O3/c1-20-12-7-9-22(10-8-12)15-4-2-3-13-14(15)11-23(19(13)26)16-5-6-17(24)21-18(16)25/h2-4,12,16,19-20,26H,5-11H2,1H3,(H,21,24,25). The number of imide groups is 1. The molecule has 3 N–H and O–H groups in total. The minimum Gasteiger partial charge on any atom is -0.374 e. The van der Waals surface area contributed by atoms with Gasteiger partial charge in [-0.2, -0.15) is 0 Å². The predicted octanol–water partition coefficient (Wildman–Crippen LogP) is 0.487. The van der Waals surface area contributed by atoms with Crippen molar-refractivity contribution in [2.24, 2.45) is 0 Å². The van der Waals surface area contributed by atoms with E-state index in [-0.39, 0.29) is 11.8 Å². The maximum absolute atomic E-state index is 12.2. The van der Waals surface area contributed by atoms with Crippen LogP contribution < -0.4 is 15.5 Å². The van der Waals surface area contributed by atoms with Crippen molar-refractivity contribution in [2.75, 3.05) is 25.0 Å². The molecule has 0 bridgehead atoms. The minimum absolute atomic E-state index is 0.231. The number of rotatable bonds is 3. The van der Waals surface area contributed by atoms with Crippen molar-refractivity contribution in [2.45, 2.75) is 50.5 Å². The summed E-state index contributed by atoms with van der Waals surface area (Å²) in [5.41, 5.74) is 3.14. The number of carbonyl (C=O) groups excluding carboxylic acids is 2. The molecule has 3 aliphatic heterocycles. The van der Waals surface area contributed by atoms with Crippen molar-refractivity contribution in [3.8, 4) is 0 Å². The first kappa shape index (κ1) is 17.5. The van der Waals surface area contributed by atoms with Gasteiger partial charge in [0.1, 0.15) is 6.23 Å². The average Bonchev–Trinajstić information content (AvgIpc) is 2.99. The van der Waals surface area contributed by atoms with E-state index in [0.717, 1.165) is 42.7 Å². The number of hydrogen-bond acceptors (Lipinski definition) is 6. The molecule has 26 heavy (non-hydrogen) atoms. The molecule has 0 aliphatic carbocycles. The van der Waals surface area contributed by atoms with Crippen LogP contribution in [-0.2, 0) is 16.1 Å². The van der Waals surface area contributed by atoms with Gasteiger partial charge in [-0.05, 0) is 37.9 Å². The predicted molar refractivity (Wildman–Crippen MR) is 97.4 cm³/mol. The number of nitrogens with one attached hydrogen (secondary N) is 2. The Kier molecular flexibility index (Phi) is 4.69. The number of anilines is 1. The van der Waals surface area contributed by atoms with E-state index in [1.165, 1.54) is 0 Å². The fourth-order valence-corrected chi connectivity index (χ4v) is 4.44. The Bertz CT molecular complexity index is 715. The molecular formula is C19H26N4O3. The Morgan fingerprint density at radius 3 is 2.65 bits per heavy atom. The van der Waals surface area contributed by atoms with E-state index in [2.05, 4.69) is 21.6 Å². The molecule has 2 atom stereocenters. The molecule has 1 aromatic carbocycles. The number of hydrogen-bond donors (Lipinski definition) is 3. The summed E-state index contributed by atoms with van der Waals surface area (Å²) in [5, 5.41) is 16.6. The molecule has 0 saturated carbocycles. The van der Waals surface area contributed by atoms with Gasteiger partial charge in [-0.25, -0.2) is 0 Å². The van der Waals surface area contributed by atoms with Gasteiger partial charge < -0.3 is 15.3 Å². The number of aliphatic hydroxyl groups is 1. The Hall–Kier alpha value is -1.96. The molecule has 7 nitrogen and oxygen atoms in total. The van der Waals surface area contributed by atoms with Crippen LogP contribution in [0.25, 0.3) is 0 Å². The summed E-state index contributed by atoms with van der Waals surface area (Å²) in [6.07, 6.45) is 2.17. The summed E-state index contributed by atoms with van der Waals surface area (Å²) in [7, 11) is 2.01. The zero-order valence-electron chi connectivity index (χ0n) is 15.1. The van der Waals surface area contributed by atoms with Crippen molar-refractivity contribution in [3.05, 3.63) is 29.3 Å². The van der Waals surface area contributed by atoms with E-state index >= 15 is 0 Å². The molecule has 2 fully saturated rings. The topological polar surface area (TPSA) is 84.9 Å². The van der Waals surface area contributed by atoms with E-state index < -0.39 is 12.3 Å². The van der Waals surface area contributed by atoms with Gasteiger partial charge in [-0.3, -0.25) is 19.8 Å². The van der Waals surface area contributed by atoms with Crippen molar-refractivity contribution in [1.82, 2.24) is 15.5 Å². The zero-order valence-corrected chi connectivity index (χ0v) is 15.1. The molecule has 1 aromatic rings. The van der Waals surface area contributed by atoms with Gasteiger partial charge in [0, 0.05) is 43.3 Å². The van der Waals surface area contributed by atoms with Gasteiger partial charge in [0.05, 0.1) is 6.04 Å². The van der Waals surface area contributed by atoms with Crippen LogP contribution in [0.4, 0.5) is 5.69 Å². The van der Waals surface area contributed by atoms with E-state index in [4.69, 9.17) is 0 Å². The fraction of sp³-hybridized carbons (Fsp3) is 0.579. The highest BCUT2D eigenvalue weighted by Gasteiger charge is 2.41. The monoisotopic (exact) mass is 358 g/mol. The largest absolute Gasteiger partial charge is 0.374 e. The molecule has 2 saturated heterocycles. The highest BCUT2D eigenvalue weighted by molar-refractivity contribution is 6.00. The number of carbonyl (C=O) groups is 2. The van der Waals surface area contributed by atoms with E-state index in [1.807, 2.05) is 24.1 Å². The number of piperidine rings is 2. The summed E-state index contributed by atoms with van der Waals surface area (Å²) >= 11 is 0. The summed E-state index contributed by atoms with van der Waals surface area (Å²) in [6, 6.07) is 6.14. The number of fused-ring (bicyclic) bond motifs is 1. The van der Waals surface area contributed by atoms with Crippen LogP contribution in [-0.4, -0.2) is 54.0 Å². The third-order valence-electron chi connectivity index (χ3n) is 5.97. The van der Waals surface area contributed by atoms with Crippen molar-refractivity contribution >= 4 is 17.5 Å². The number of nitrogens with zero attached hydrogens (tertiary/aromatic N) is 2. The third kappa shape index (κ3) is 3.00. The molecule has 7 heteroatoms. The van der Waals surface area contributed by atoms with Crippen LogP contribution in [0, 0.1) is 0 Å². The maximum atomic E-state index is 12.2. The Morgan fingerprint density at radius 2 is 1.96 bits per heavy atom. The lowest BCUT2D eigenvalue weighted by molar-refractivity contribution is -0.141. The first-order valence-corrected chi connectivity index (χ1v) is 9.40. The maximum Gasteiger partial charge on any atom is 0.244 e. The number of aliphatic hydroxyl groups excluding tert-OH is 1. The summed E-state index contributed by atoms with van der Waals surface area (Å²) in [4.78, 5) is 27.9. The molecule has 0 spiro atoms. The molecule has 4 rings (SSSR count). The van der Waals surface area contributed by atoms with E-state index in [1.54, 1.807) is 0 Å². The lowest BCUT2D eigenvalue weighted by Gasteiger charge is -2.35. The van der Waals surface area contributed by atoms with Crippen LogP contribution >= 0.6 is 0 Å². The highest BCUT2D eigenvalue weighted by Crippen LogP contribution is 2.40. The molecule has 2 amide bonds. The first-order valence-electron chi connectivity index (χ1n) is 9.40. The summed E-state index contributed by atoms with van der Waals surface area (Å²) in [5.74, 6) is -0.532.